The molecule has 1 saturated heterocycles. The molecule has 8 heteroatoms. The predicted molar refractivity (Wildman–Crippen MR) is 132 cm³/mol. The summed E-state index contributed by atoms with van der Waals surface area (Å²) in [6.45, 7) is 2.77. The van der Waals surface area contributed by atoms with Crippen molar-refractivity contribution >= 4 is 29.1 Å². The average Bonchev–Trinajstić information content (AvgIpc) is 3.49. The van der Waals surface area contributed by atoms with Crippen molar-refractivity contribution in [3.8, 4) is 5.75 Å². The van der Waals surface area contributed by atoms with Gasteiger partial charge in [-0.05, 0) is 66.6 Å². The molecule has 0 radical (unpaired) electrons. The molecule has 1 amide bonds. The number of ketones is 1. The molecule has 8 nitrogen and oxygen atoms in total. The minimum atomic E-state index is -0.950. The van der Waals surface area contributed by atoms with Crippen LogP contribution in [0.15, 0.2) is 72.4 Å². The number of fused-ring (bicyclic) bond motifs is 1. The number of carbonyl (C=O) groups excluding carboxylic acids is 3. The van der Waals surface area contributed by atoms with Crippen LogP contribution in [0.4, 0.5) is 5.69 Å². The standard InChI is InChI=1S/C28H24N2O6/c1-2-14-36-28(34)17-6-9-20(10-7-17)30-24(21-5-3-4-13-29-21)23(26(32)27(30)33)25(31)19-8-11-22-18(16-19)12-15-35-22/h3-11,13,16,24,31H,2,12,14-15H2,1H3/b25-23-. The summed E-state index contributed by atoms with van der Waals surface area (Å²) < 4.78 is 10.7. The van der Waals surface area contributed by atoms with Gasteiger partial charge in [-0.25, -0.2) is 4.79 Å². The maximum Gasteiger partial charge on any atom is 0.338 e. The molecule has 2 aliphatic rings. The van der Waals surface area contributed by atoms with Gasteiger partial charge in [0, 0.05) is 23.9 Å². The van der Waals surface area contributed by atoms with Gasteiger partial charge in [0.25, 0.3) is 11.7 Å². The third-order valence-electron chi connectivity index (χ3n) is 6.19. The van der Waals surface area contributed by atoms with Gasteiger partial charge >= 0.3 is 5.97 Å². The maximum atomic E-state index is 13.3. The number of carbonyl (C=O) groups is 3. The molecular formula is C28H24N2O6. The third kappa shape index (κ3) is 4.11. The number of aromatic nitrogens is 1. The zero-order chi connectivity index (χ0) is 25.2. The Morgan fingerprint density at radius 2 is 1.89 bits per heavy atom. The van der Waals surface area contributed by atoms with Crippen LogP contribution in [0.5, 0.6) is 5.75 Å². The molecule has 2 aromatic carbocycles. The summed E-state index contributed by atoms with van der Waals surface area (Å²) >= 11 is 0. The number of amides is 1. The van der Waals surface area contributed by atoms with Crippen molar-refractivity contribution in [1.82, 2.24) is 4.98 Å². The SMILES string of the molecule is CCCOC(=O)c1ccc(N2C(=O)C(=O)/C(=C(\O)c3ccc4c(c3)CCO4)C2c2ccccn2)cc1. The predicted octanol–water partition coefficient (Wildman–Crippen LogP) is 4.21. The van der Waals surface area contributed by atoms with Crippen molar-refractivity contribution in [1.29, 1.82) is 0 Å². The summed E-state index contributed by atoms with van der Waals surface area (Å²) in [5.41, 5.74) is 2.44. The summed E-state index contributed by atoms with van der Waals surface area (Å²) in [4.78, 5) is 44.4. The zero-order valence-corrected chi connectivity index (χ0v) is 19.6. The van der Waals surface area contributed by atoms with Crippen LogP contribution < -0.4 is 9.64 Å². The molecule has 182 valence electrons. The van der Waals surface area contributed by atoms with E-state index in [2.05, 4.69) is 4.98 Å². The molecule has 36 heavy (non-hydrogen) atoms. The van der Waals surface area contributed by atoms with E-state index in [1.165, 1.54) is 4.90 Å². The van der Waals surface area contributed by atoms with Gasteiger partial charge < -0.3 is 14.6 Å². The molecule has 2 aliphatic heterocycles. The van der Waals surface area contributed by atoms with E-state index in [0.717, 1.165) is 11.3 Å². The van der Waals surface area contributed by atoms with Crippen molar-refractivity contribution in [2.75, 3.05) is 18.1 Å². The minimum Gasteiger partial charge on any atom is -0.507 e. The number of Topliss-reactive ketones (excluding diaryl/α,β-unsaturated/α-hetero) is 1. The number of hydrogen-bond donors (Lipinski definition) is 1. The van der Waals surface area contributed by atoms with E-state index >= 15 is 0 Å². The van der Waals surface area contributed by atoms with Crippen LogP contribution in [0, 0.1) is 0 Å². The van der Waals surface area contributed by atoms with Crippen LogP contribution in [0.25, 0.3) is 5.76 Å². The minimum absolute atomic E-state index is 0.0519. The number of aliphatic hydroxyl groups excluding tert-OH is 1. The summed E-state index contributed by atoms with van der Waals surface area (Å²) in [5, 5.41) is 11.3. The molecule has 1 N–H and O–H groups in total. The fraction of sp³-hybridized carbons (Fsp3) is 0.214. The van der Waals surface area contributed by atoms with Gasteiger partial charge in [0.2, 0.25) is 0 Å². The number of benzene rings is 2. The Labute approximate surface area is 207 Å². The Hall–Kier alpha value is -4.46. The highest BCUT2D eigenvalue weighted by molar-refractivity contribution is 6.51. The Bertz CT molecular complexity index is 1360. The van der Waals surface area contributed by atoms with E-state index in [0.29, 0.717) is 48.6 Å². The second-order valence-corrected chi connectivity index (χ2v) is 8.53. The molecule has 5 rings (SSSR count). The number of rotatable bonds is 6. The Balaban J connectivity index is 1.58. The van der Waals surface area contributed by atoms with Crippen LogP contribution in [0.3, 0.4) is 0 Å². The van der Waals surface area contributed by atoms with E-state index in [9.17, 15) is 19.5 Å². The van der Waals surface area contributed by atoms with Crippen molar-refractivity contribution in [3.05, 3.63) is 94.8 Å². The van der Waals surface area contributed by atoms with Crippen LogP contribution in [-0.2, 0) is 20.7 Å². The Morgan fingerprint density at radius 1 is 1.11 bits per heavy atom. The van der Waals surface area contributed by atoms with Crippen molar-refractivity contribution in [2.45, 2.75) is 25.8 Å². The van der Waals surface area contributed by atoms with Gasteiger partial charge in [0.05, 0.1) is 30.0 Å². The summed E-state index contributed by atoms with van der Waals surface area (Å²) in [7, 11) is 0. The average molecular weight is 485 g/mol. The van der Waals surface area contributed by atoms with Crippen LogP contribution in [0.1, 0.15) is 46.6 Å². The molecule has 0 saturated carbocycles. The van der Waals surface area contributed by atoms with E-state index in [1.54, 1.807) is 66.9 Å². The first-order valence-electron chi connectivity index (χ1n) is 11.7. The van der Waals surface area contributed by atoms with Crippen LogP contribution >= 0.6 is 0 Å². The smallest absolute Gasteiger partial charge is 0.338 e. The molecule has 1 unspecified atom stereocenters. The lowest BCUT2D eigenvalue weighted by molar-refractivity contribution is -0.132. The molecule has 0 spiro atoms. The first-order chi connectivity index (χ1) is 17.5. The van der Waals surface area contributed by atoms with Gasteiger partial charge in [-0.15, -0.1) is 0 Å². The van der Waals surface area contributed by atoms with Crippen molar-refractivity contribution in [2.24, 2.45) is 0 Å². The van der Waals surface area contributed by atoms with E-state index in [1.807, 2.05) is 6.92 Å². The second-order valence-electron chi connectivity index (χ2n) is 8.53. The fourth-order valence-electron chi connectivity index (χ4n) is 4.44. The number of pyridine rings is 1. The molecule has 1 fully saturated rings. The van der Waals surface area contributed by atoms with Gasteiger partial charge in [-0.2, -0.15) is 0 Å². The fourth-order valence-corrected chi connectivity index (χ4v) is 4.44. The topological polar surface area (TPSA) is 106 Å². The number of ether oxygens (including phenoxy) is 2. The summed E-state index contributed by atoms with van der Waals surface area (Å²) in [6, 6.07) is 15.7. The van der Waals surface area contributed by atoms with Gasteiger partial charge in [-0.3, -0.25) is 19.5 Å². The molecule has 0 bridgehead atoms. The Kier molecular flexibility index (Phi) is 6.25. The van der Waals surface area contributed by atoms with E-state index in [-0.39, 0.29) is 11.3 Å². The van der Waals surface area contributed by atoms with Crippen LogP contribution in [0.2, 0.25) is 0 Å². The Morgan fingerprint density at radius 3 is 2.61 bits per heavy atom. The lowest BCUT2D eigenvalue weighted by Gasteiger charge is -2.24. The van der Waals surface area contributed by atoms with Crippen molar-refractivity contribution in [3.63, 3.8) is 0 Å². The highest BCUT2D eigenvalue weighted by Gasteiger charge is 2.47. The number of aliphatic hydroxyl groups is 1. The first-order valence-corrected chi connectivity index (χ1v) is 11.7. The van der Waals surface area contributed by atoms with Gasteiger partial charge in [0.15, 0.2) is 0 Å². The molecule has 3 heterocycles. The van der Waals surface area contributed by atoms with Crippen molar-refractivity contribution < 1.29 is 29.0 Å². The molecule has 1 atom stereocenters. The van der Waals surface area contributed by atoms with Crippen LogP contribution in [-0.4, -0.2) is 41.0 Å². The number of nitrogens with zero attached hydrogens (tertiary/aromatic N) is 2. The first kappa shape index (κ1) is 23.3. The highest BCUT2D eigenvalue weighted by Crippen LogP contribution is 2.42. The summed E-state index contributed by atoms with van der Waals surface area (Å²) in [5.74, 6) is -1.61. The largest absolute Gasteiger partial charge is 0.507 e. The molecule has 0 aliphatic carbocycles. The summed E-state index contributed by atoms with van der Waals surface area (Å²) in [6.07, 6.45) is 2.96. The molecule has 1 aromatic heterocycles. The second kappa shape index (κ2) is 9.65. The lowest BCUT2D eigenvalue weighted by Crippen LogP contribution is -2.29. The van der Waals surface area contributed by atoms with Gasteiger partial charge in [-0.1, -0.05) is 13.0 Å². The highest BCUT2D eigenvalue weighted by atomic mass is 16.5. The molecular weight excluding hydrogens is 460 g/mol. The normalized spacial score (nSPS) is 18.1. The quantitative estimate of drug-likeness (QED) is 0.242. The zero-order valence-electron chi connectivity index (χ0n) is 19.6. The lowest BCUT2D eigenvalue weighted by atomic mass is 9.97. The maximum absolute atomic E-state index is 13.3. The monoisotopic (exact) mass is 484 g/mol. The van der Waals surface area contributed by atoms with E-state index in [4.69, 9.17) is 9.47 Å². The molecule has 3 aromatic rings. The number of hydrogen-bond acceptors (Lipinski definition) is 7. The number of esters is 1. The van der Waals surface area contributed by atoms with Gasteiger partial charge in [0.1, 0.15) is 17.6 Å². The third-order valence-corrected chi connectivity index (χ3v) is 6.19. The van der Waals surface area contributed by atoms with E-state index < -0.39 is 23.7 Å². The number of anilines is 1.